The Kier molecular flexibility index (Phi) is 4.23. The molecule has 0 radical (unpaired) electrons. The number of non-ortho nitro benzene ring substituents is 1. The summed E-state index contributed by atoms with van der Waals surface area (Å²) in [6.45, 7) is 1.71. The van der Waals surface area contributed by atoms with E-state index < -0.39 is 10.8 Å². The Hall–Kier alpha value is -2.10. The molecule has 7 nitrogen and oxygen atoms in total. The number of anilines is 1. The lowest BCUT2D eigenvalue weighted by molar-refractivity contribution is -0.384. The number of nitro benzene ring substituents is 1. The molecule has 2 rings (SSSR count). The Bertz CT molecular complexity index is 673. The molecule has 0 aliphatic carbocycles. The van der Waals surface area contributed by atoms with Crippen molar-refractivity contribution in [1.82, 2.24) is 9.97 Å². The van der Waals surface area contributed by atoms with E-state index in [1.54, 1.807) is 6.92 Å². The summed E-state index contributed by atoms with van der Waals surface area (Å²) >= 11 is 1.95. The number of nitrogens with zero attached hydrogens (tertiary/aromatic N) is 3. The van der Waals surface area contributed by atoms with Gasteiger partial charge in [0.05, 0.1) is 23.0 Å². The zero-order valence-electron chi connectivity index (χ0n) is 10.3. The van der Waals surface area contributed by atoms with Crippen molar-refractivity contribution in [2.45, 2.75) is 6.92 Å². The largest absolute Gasteiger partial charge is 0.319 e. The van der Waals surface area contributed by atoms with E-state index in [0.717, 1.165) is 0 Å². The van der Waals surface area contributed by atoms with Gasteiger partial charge < -0.3 is 5.32 Å². The van der Waals surface area contributed by atoms with Gasteiger partial charge in [0.15, 0.2) is 3.83 Å². The molecule has 102 valence electrons. The number of nitrogens with one attached hydrogen (secondary N) is 1. The van der Waals surface area contributed by atoms with Crippen LogP contribution in [0.2, 0.25) is 0 Å². The second kappa shape index (κ2) is 5.90. The van der Waals surface area contributed by atoms with Gasteiger partial charge >= 0.3 is 0 Å². The lowest BCUT2D eigenvalue weighted by Gasteiger charge is -2.07. The van der Waals surface area contributed by atoms with E-state index in [1.165, 1.54) is 30.6 Å². The second-order valence-corrected chi connectivity index (χ2v) is 4.92. The van der Waals surface area contributed by atoms with Gasteiger partial charge in [0.2, 0.25) is 0 Å². The molecule has 0 unspecified atom stereocenters. The van der Waals surface area contributed by atoms with Crippen molar-refractivity contribution in [2.75, 3.05) is 5.32 Å². The van der Waals surface area contributed by atoms with E-state index in [0.29, 0.717) is 15.1 Å². The Morgan fingerprint density at radius 1 is 1.35 bits per heavy atom. The molecule has 1 aromatic heterocycles. The number of nitro groups is 1. The molecular formula is C12H9IN4O3. The fourth-order valence-corrected chi connectivity index (χ4v) is 1.82. The van der Waals surface area contributed by atoms with Crippen LogP contribution in [-0.4, -0.2) is 20.8 Å². The molecule has 0 fully saturated rings. The van der Waals surface area contributed by atoms with E-state index in [1.807, 2.05) is 22.6 Å². The van der Waals surface area contributed by atoms with Crippen molar-refractivity contribution >= 4 is 39.9 Å². The Morgan fingerprint density at radius 2 is 2.00 bits per heavy atom. The minimum absolute atomic E-state index is 0.125. The van der Waals surface area contributed by atoms with Crippen LogP contribution in [0.15, 0.2) is 30.6 Å². The van der Waals surface area contributed by atoms with E-state index >= 15 is 0 Å². The summed E-state index contributed by atoms with van der Waals surface area (Å²) in [4.78, 5) is 30.2. The van der Waals surface area contributed by atoms with Gasteiger partial charge in [-0.3, -0.25) is 14.9 Å². The lowest BCUT2D eigenvalue weighted by atomic mass is 10.1. The highest BCUT2D eigenvalue weighted by molar-refractivity contribution is 14.1. The molecule has 0 aliphatic heterocycles. The zero-order chi connectivity index (χ0) is 14.7. The smallest absolute Gasteiger partial charge is 0.270 e. The highest BCUT2D eigenvalue weighted by atomic mass is 127. The Labute approximate surface area is 127 Å². The van der Waals surface area contributed by atoms with Crippen LogP contribution in [-0.2, 0) is 0 Å². The monoisotopic (exact) mass is 384 g/mol. The van der Waals surface area contributed by atoms with Crippen molar-refractivity contribution in [1.29, 1.82) is 0 Å². The number of benzene rings is 1. The highest BCUT2D eigenvalue weighted by Crippen LogP contribution is 2.18. The second-order valence-electron chi connectivity index (χ2n) is 3.95. The van der Waals surface area contributed by atoms with Crippen LogP contribution >= 0.6 is 22.6 Å². The number of rotatable bonds is 3. The minimum Gasteiger partial charge on any atom is -0.319 e. The van der Waals surface area contributed by atoms with Gasteiger partial charge in [-0.05, 0) is 12.5 Å². The third kappa shape index (κ3) is 3.26. The molecule has 0 saturated heterocycles. The fraction of sp³-hybridized carbons (Fsp3) is 0.0833. The number of aromatic nitrogens is 2. The van der Waals surface area contributed by atoms with Crippen LogP contribution in [0.1, 0.15) is 15.9 Å². The topological polar surface area (TPSA) is 98.0 Å². The maximum absolute atomic E-state index is 12.1. The number of amides is 1. The number of hydrogen-bond donors (Lipinski definition) is 1. The number of carbonyl (C=O) groups excluding carboxylic acids is 1. The maximum Gasteiger partial charge on any atom is 0.270 e. The Morgan fingerprint density at radius 3 is 2.60 bits per heavy atom. The third-order valence-electron chi connectivity index (χ3n) is 2.55. The molecule has 0 bridgehead atoms. The van der Waals surface area contributed by atoms with Crippen LogP contribution in [0, 0.1) is 20.9 Å². The van der Waals surface area contributed by atoms with Gasteiger partial charge in [0.25, 0.3) is 11.6 Å². The minimum atomic E-state index is -0.537. The first-order chi connectivity index (χ1) is 9.47. The zero-order valence-corrected chi connectivity index (χ0v) is 12.5. The highest BCUT2D eigenvalue weighted by Gasteiger charge is 2.15. The first-order valence-corrected chi connectivity index (χ1v) is 6.59. The predicted molar refractivity (Wildman–Crippen MR) is 80.5 cm³/mol. The Balaban J connectivity index is 2.26. The molecule has 2 aromatic rings. The first-order valence-electron chi connectivity index (χ1n) is 5.51. The number of aryl methyl sites for hydroxylation is 1. The molecule has 20 heavy (non-hydrogen) atoms. The summed E-state index contributed by atoms with van der Waals surface area (Å²) in [5, 5.41) is 13.3. The summed E-state index contributed by atoms with van der Waals surface area (Å²) in [5.74, 6) is -0.434. The molecule has 1 N–H and O–H groups in total. The molecule has 1 heterocycles. The molecule has 0 aliphatic rings. The van der Waals surface area contributed by atoms with Gasteiger partial charge in [-0.25, -0.2) is 9.97 Å². The van der Waals surface area contributed by atoms with E-state index in [-0.39, 0.29) is 11.3 Å². The quantitative estimate of drug-likeness (QED) is 0.380. The summed E-state index contributed by atoms with van der Waals surface area (Å²) in [6.07, 6.45) is 2.94. The van der Waals surface area contributed by atoms with Gasteiger partial charge in [0.1, 0.15) is 0 Å². The predicted octanol–water partition coefficient (Wildman–Crippen LogP) is 2.55. The van der Waals surface area contributed by atoms with Crippen LogP contribution in [0.25, 0.3) is 0 Å². The first kappa shape index (κ1) is 14.3. The number of halogens is 1. The van der Waals surface area contributed by atoms with Crippen LogP contribution in [0.4, 0.5) is 11.4 Å². The van der Waals surface area contributed by atoms with Gasteiger partial charge in [-0.1, -0.05) is 6.07 Å². The summed E-state index contributed by atoms with van der Waals surface area (Å²) in [5.41, 5.74) is 1.21. The average molecular weight is 384 g/mol. The molecule has 0 spiro atoms. The van der Waals surface area contributed by atoms with E-state index in [2.05, 4.69) is 15.3 Å². The molecular weight excluding hydrogens is 375 g/mol. The average Bonchev–Trinajstić information content (AvgIpc) is 2.41. The van der Waals surface area contributed by atoms with Crippen LogP contribution in [0.5, 0.6) is 0 Å². The maximum atomic E-state index is 12.1. The third-order valence-corrected chi connectivity index (χ3v) is 3.11. The van der Waals surface area contributed by atoms with E-state index in [9.17, 15) is 14.9 Å². The molecule has 1 amide bonds. The van der Waals surface area contributed by atoms with Crippen molar-refractivity contribution in [3.63, 3.8) is 0 Å². The number of carbonyl (C=O) groups is 1. The van der Waals surface area contributed by atoms with Gasteiger partial charge in [-0.2, -0.15) is 0 Å². The molecule has 0 saturated carbocycles. The van der Waals surface area contributed by atoms with Crippen LogP contribution in [0.3, 0.4) is 0 Å². The number of hydrogen-bond acceptors (Lipinski definition) is 5. The van der Waals surface area contributed by atoms with Crippen molar-refractivity contribution < 1.29 is 9.72 Å². The lowest BCUT2D eigenvalue weighted by Crippen LogP contribution is -2.14. The fourth-order valence-electron chi connectivity index (χ4n) is 1.54. The summed E-state index contributed by atoms with van der Waals surface area (Å²) in [6, 6.07) is 4.15. The van der Waals surface area contributed by atoms with E-state index in [4.69, 9.17) is 0 Å². The van der Waals surface area contributed by atoms with Crippen molar-refractivity contribution in [2.24, 2.45) is 0 Å². The van der Waals surface area contributed by atoms with Gasteiger partial charge in [-0.15, -0.1) is 0 Å². The standard InChI is InChI=1S/C12H9IN4O3/c1-7-2-3-9(17(19)20)4-10(7)11(18)16-8-5-14-12(13)15-6-8/h2-6H,1H3,(H,16,18). The summed E-state index contributed by atoms with van der Waals surface area (Å²) < 4.78 is 0.562. The van der Waals surface area contributed by atoms with Crippen LogP contribution < -0.4 is 5.32 Å². The SMILES string of the molecule is Cc1ccc([N+](=O)[O-])cc1C(=O)Nc1cnc(I)nc1. The normalized spacial score (nSPS) is 10.1. The van der Waals surface area contributed by atoms with Crippen molar-refractivity contribution in [3.05, 3.63) is 55.7 Å². The molecule has 8 heteroatoms. The van der Waals surface area contributed by atoms with Crippen molar-refractivity contribution in [3.8, 4) is 0 Å². The molecule has 1 aromatic carbocycles. The summed E-state index contributed by atoms with van der Waals surface area (Å²) in [7, 11) is 0. The molecule has 0 atom stereocenters. The van der Waals surface area contributed by atoms with Gasteiger partial charge in [0, 0.05) is 40.3 Å².